The Hall–Kier alpha value is -4.10. The van der Waals surface area contributed by atoms with E-state index in [1.54, 1.807) is 36.7 Å². The van der Waals surface area contributed by atoms with Gasteiger partial charge in [-0.3, -0.25) is 0 Å². The van der Waals surface area contributed by atoms with E-state index in [0.717, 1.165) is 5.56 Å². The standard InChI is InChI=1S/C20H18N8O2.ClH/c1-13(16-10-22-12-30-16)24-20-23-6-5-17(26-20)25-18-8-19(28-27-18)29-11-15-4-2-3-14(7-15)9-21;/h2-8,10,12-13H,11H2,1H3,(H3,23,24,25,26,27,28);1H. The van der Waals surface area contributed by atoms with E-state index in [1.165, 1.54) is 6.39 Å². The lowest BCUT2D eigenvalue weighted by Gasteiger charge is -2.11. The van der Waals surface area contributed by atoms with Gasteiger partial charge in [0.15, 0.2) is 12.2 Å². The van der Waals surface area contributed by atoms with Crippen molar-refractivity contribution in [3.63, 3.8) is 0 Å². The molecule has 0 spiro atoms. The van der Waals surface area contributed by atoms with E-state index < -0.39 is 0 Å². The minimum Gasteiger partial charge on any atom is -0.473 e. The summed E-state index contributed by atoms with van der Waals surface area (Å²) in [6.45, 7) is 2.24. The smallest absolute Gasteiger partial charge is 0.225 e. The second-order valence-electron chi connectivity index (χ2n) is 6.38. The van der Waals surface area contributed by atoms with Crippen LogP contribution in [0.15, 0.2) is 59.6 Å². The number of rotatable bonds is 8. The molecule has 0 fully saturated rings. The maximum absolute atomic E-state index is 8.97. The average molecular weight is 439 g/mol. The third-order valence-electron chi connectivity index (χ3n) is 4.14. The number of hydrogen-bond acceptors (Lipinski definition) is 9. The van der Waals surface area contributed by atoms with Crippen LogP contribution in [0.2, 0.25) is 0 Å². The lowest BCUT2D eigenvalue weighted by Crippen LogP contribution is -2.09. The molecule has 158 valence electrons. The largest absolute Gasteiger partial charge is 0.473 e. The third kappa shape index (κ3) is 5.71. The van der Waals surface area contributed by atoms with Crippen molar-refractivity contribution in [1.82, 2.24) is 25.1 Å². The molecule has 3 N–H and O–H groups in total. The molecule has 3 heterocycles. The number of aromatic amines is 1. The monoisotopic (exact) mass is 438 g/mol. The Bertz CT molecular complexity index is 1160. The highest BCUT2D eigenvalue weighted by atomic mass is 35.5. The van der Waals surface area contributed by atoms with Gasteiger partial charge in [-0.25, -0.2) is 15.1 Å². The molecule has 0 saturated carbocycles. The first-order valence-electron chi connectivity index (χ1n) is 9.12. The van der Waals surface area contributed by atoms with E-state index in [1.807, 2.05) is 19.1 Å². The number of nitriles is 1. The van der Waals surface area contributed by atoms with Crippen LogP contribution in [-0.2, 0) is 6.61 Å². The average Bonchev–Trinajstić information content (AvgIpc) is 3.45. The zero-order chi connectivity index (χ0) is 20.8. The van der Waals surface area contributed by atoms with Gasteiger partial charge in [0.05, 0.1) is 23.9 Å². The third-order valence-corrected chi connectivity index (χ3v) is 4.14. The summed E-state index contributed by atoms with van der Waals surface area (Å²) >= 11 is 0. The van der Waals surface area contributed by atoms with Crippen LogP contribution in [0.3, 0.4) is 0 Å². The van der Waals surface area contributed by atoms with Crippen LogP contribution in [0.5, 0.6) is 5.88 Å². The molecule has 1 aromatic carbocycles. The number of hydrogen-bond donors (Lipinski definition) is 3. The number of halogens is 1. The van der Waals surface area contributed by atoms with Crippen molar-refractivity contribution in [1.29, 1.82) is 5.26 Å². The molecule has 1 atom stereocenters. The zero-order valence-electron chi connectivity index (χ0n) is 16.4. The molecule has 4 aromatic rings. The first kappa shape index (κ1) is 21.6. The number of oxazole rings is 1. The second-order valence-corrected chi connectivity index (χ2v) is 6.38. The summed E-state index contributed by atoms with van der Waals surface area (Å²) in [6.07, 6.45) is 4.66. The minimum atomic E-state index is -0.132. The molecule has 10 nitrogen and oxygen atoms in total. The quantitative estimate of drug-likeness (QED) is 0.372. The summed E-state index contributed by atoms with van der Waals surface area (Å²) in [5, 5.41) is 22.2. The van der Waals surface area contributed by atoms with Crippen LogP contribution in [0.1, 0.15) is 29.9 Å². The van der Waals surface area contributed by atoms with Crippen LogP contribution in [-0.4, -0.2) is 25.1 Å². The number of nitrogens with zero attached hydrogens (tertiary/aromatic N) is 5. The van der Waals surface area contributed by atoms with Crippen LogP contribution < -0.4 is 15.4 Å². The van der Waals surface area contributed by atoms with E-state index in [2.05, 4.69) is 41.9 Å². The number of H-pyrrole nitrogens is 1. The fourth-order valence-electron chi connectivity index (χ4n) is 2.67. The van der Waals surface area contributed by atoms with Crippen molar-refractivity contribution in [3.05, 3.63) is 72.1 Å². The van der Waals surface area contributed by atoms with Gasteiger partial charge < -0.3 is 19.8 Å². The first-order chi connectivity index (χ1) is 14.7. The predicted molar refractivity (Wildman–Crippen MR) is 115 cm³/mol. The fraction of sp³-hybridized carbons (Fsp3) is 0.150. The van der Waals surface area contributed by atoms with Crippen LogP contribution in [0.25, 0.3) is 0 Å². The number of aromatic nitrogens is 5. The number of benzene rings is 1. The molecule has 31 heavy (non-hydrogen) atoms. The molecule has 1 unspecified atom stereocenters. The van der Waals surface area contributed by atoms with E-state index in [9.17, 15) is 0 Å². The Kier molecular flexibility index (Phi) is 7.03. The highest BCUT2D eigenvalue weighted by Crippen LogP contribution is 2.20. The molecule has 0 aliphatic rings. The Morgan fingerprint density at radius 3 is 2.97 bits per heavy atom. The molecule has 3 aromatic heterocycles. The van der Waals surface area contributed by atoms with Gasteiger partial charge in [0.2, 0.25) is 11.8 Å². The first-order valence-corrected chi connectivity index (χ1v) is 9.12. The zero-order valence-corrected chi connectivity index (χ0v) is 17.3. The summed E-state index contributed by atoms with van der Waals surface area (Å²) in [6, 6.07) is 12.7. The van der Waals surface area contributed by atoms with Crippen LogP contribution >= 0.6 is 12.4 Å². The van der Waals surface area contributed by atoms with Crippen molar-refractivity contribution < 1.29 is 9.15 Å². The maximum atomic E-state index is 8.97. The van der Waals surface area contributed by atoms with E-state index in [0.29, 0.717) is 41.4 Å². The maximum Gasteiger partial charge on any atom is 0.225 e. The van der Waals surface area contributed by atoms with E-state index in [-0.39, 0.29) is 18.4 Å². The summed E-state index contributed by atoms with van der Waals surface area (Å²) in [5.74, 6) is 2.73. The molecule has 0 aliphatic heterocycles. The summed E-state index contributed by atoms with van der Waals surface area (Å²) in [7, 11) is 0. The van der Waals surface area contributed by atoms with Crippen molar-refractivity contribution >= 4 is 30.0 Å². The van der Waals surface area contributed by atoms with Crippen molar-refractivity contribution in [2.24, 2.45) is 0 Å². The summed E-state index contributed by atoms with van der Waals surface area (Å²) in [5.41, 5.74) is 1.49. The Labute approximate surface area is 184 Å². The Balaban J connectivity index is 0.00000272. The van der Waals surface area contributed by atoms with Gasteiger partial charge in [0, 0.05) is 12.3 Å². The van der Waals surface area contributed by atoms with Gasteiger partial charge in [0.1, 0.15) is 18.2 Å². The van der Waals surface area contributed by atoms with Crippen molar-refractivity contribution in [2.75, 3.05) is 10.6 Å². The molecule has 0 amide bonds. The summed E-state index contributed by atoms with van der Waals surface area (Å²) in [4.78, 5) is 12.5. The molecular formula is C20H19ClN8O2. The highest BCUT2D eigenvalue weighted by molar-refractivity contribution is 5.85. The lowest BCUT2D eigenvalue weighted by atomic mass is 10.1. The number of ether oxygens (including phenoxy) is 1. The molecule has 0 aliphatic carbocycles. The van der Waals surface area contributed by atoms with Crippen LogP contribution in [0.4, 0.5) is 17.6 Å². The second kappa shape index (κ2) is 10.1. The molecule has 0 bridgehead atoms. The van der Waals surface area contributed by atoms with Gasteiger partial charge in [-0.1, -0.05) is 12.1 Å². The Morgan fingerprint density at radius 2 is 2.16 bits per heavy atom. The number of nitrogens with one attached hydrogen (secondary N) is 3. The van der Waals surface area contributed by atoms with E-state index >= 15 is 0 Å². The van der Waals surface area contributed by atoms with E-state index in [4.69, 9.17) is 14.4 Å². The van der Waals surface area contributed by atoms with Crippen molar-refractivity contribution in [3.8, 4) is 11.9 Å². The van der Waals surface area contributed by atoms with Gasteiger partial charge in [-0.2, -0.15) is 15.3 Å². The summed E-state index contributed by atoms with van der Waals surface area (Å²) < 4.78 is 11.0. The minimum absolute atomic E-state index is 0. The van der Waals surface area contributed by atoms with Crippen LogP contribution in [0, 0.1) is 11.3 Å². The van der Waals surface area contributed by atoms with Crippen molar-refractivity contribution in [2.45, 2.75) is 19.6 Å². The van der Waals surface area contributed by atoms with Gasteiger partial charge in [-0.15, -0.1) is 12.4 Å². The SMILES string of the molecule is CC(Nc1nccc(Nc2cc(OCc3cccc(C#N)c3)[nH]n2)n1)c1cnco1.Cl. The fourth-order valence-corrected chi connectivity index (χ4v) is 2.67. The molecule has 0 saturated heterocycles. The topological polar surface area (TPSA) is 138 Å². The van der Waals surface area contributed by atoms with Gasteiger partial charge in [-0.05, 0) is 30.7 Å². The Morgan fingerprint density at radius 1 is 1.26 bits per heavy atom. The van der Waals surface area contributed by atoms with Gasteiger partial charge in [0.25, 0.3) is 0 Å². The molecule has 0 radical (unpaired) electrons. The number of anilines is 3. The molecule has 11 heteroatoms. The lowest BCUT2D eigenvalue weighted by molar-refractivity contribution is 0.293. The highest BCUT2D eigenvalue weighted by Gasteiger charge is 2.11. The molecular weight excluding hydrogens is 420 g/mol. The predicted octanol–water partition coefficient (Wildman–Crippen LogP) is 3.98. The molecule has 4 rings (SSSR count). The van der Waals surface area contributed by atoms with Gasteiger partial charge >= 0.3 is 0 Å². The normalized spacial score (nSPS) is 11.1.